The third kappa shape index (κ3) is 3.39. The molecule has 0 amide bonds. The summed E-state index contributed by atoms with van der Waals surface area (Å²) in [5, 5.41) is 19.2. The number of rotatable bonds is 5. The molecule has 0 aliphatic carbocycles. The largest absolute Gasteiger partial charge is 0.508 e. The highest BCUT2D eigenvalue weighted by Gasteiger charge is 2.14. The lowest BCUT2D eigenvalue weighted by Gasteiger charge is -2.17. The van der Waals surface area contributed by atoms with Gasteiger partial charge in [-0.05, 0) is 18.2 Å². The van der Waals surface area contributed by atoms with Crippen LogP contribution in [0.3, 0.4) is 0 Å². The van der Waals surface area contributed by atoms with Crippen molar-refractivity contribution in [3.8, 4) is 17.2 Å². The first-order valence-corrected chi connectivity index (χ1v) is 6.10. The maximum atomic E-state index is 9.80. The van der Waals surface area contributed by atoms with Crippen molar-refractivity contribution >= 4 is 0 Å². The first kappa shape index (κ1) is 13.2. The van der Waals surface area contributed by atoms with Crippen LogP contribution >= 0.6 is 0 Å². The molecule has 0 spiro atoms. The van der Waals surface area contributed by atoms with E-state index >= 15 is 0 Å². The van der Waals surface area contributed by atoms with Crippen LogP contribution in [0.5, 0.6) is 17.2 Å². The quantitative estimate of drug-likeness (QED) is 0.769. The monoisotopic (exact) mass is 259 g/mol. The molecule has 19 heavy (non-hydrogen) atoms. The molecule has 0 saturated carbocycles. The summed E-state index contributed by atoms with van der Waals surface area (Å²) in [5.74, 6) is 0.860. The van der Waals surface area contributed by atoms with E-state index in [1.54, 1.807) is 36.4 Å². The number of nitrogens with two attached hydrogens (primary N) is 1. The molecular weight excluding hydrogens is 242 g/mol. The number of phenolic OH excluding ortho intramolecular Hbond substituents is 2. The highest BCUT2D eigenvalue weighted by atomic mass is 16.5. The summed E-state index contributed by atoms with van der Waals surface area (Å²) in [4.78, 5) is 0. The van der Waals surface area contributed by atoms with Gasteiger partial charge >= 0.3 is 0 Å². The van der Waals surface area contributed by atoms with Crippen LogP contribution in [0.2, 0.25) is 0 Å². The molecule has 0 saturated heterocycles. The minimum absolute atomic E-state index is 0.0939. The maximum absolute atomic E-state index is 9.80. The molecule has 100 valence electrons. The van der Waals surface area contributed by atoms with Gasteiger partial charge in [-0.3, -0.25) is 0 Å². The molecule has 4 heteroatoms. The molecule has 0 aromatic heterocycles. The van der Waals surface area contributed by atoms with Crippen molar-refractivity contribution < 1.29 is 14.9 Å². The summed E-state index contributed by atoms with van der Waals surface area (Å²) in [6.45, 7) is 0.716. The molecule has 0 aliphatic rings. The highest BCUT2D eigenvalue weighted by molar-refractivity contribution is 5.36. The predicted molar refractivity (Wildman–Crippen MR) is 73.5 cm³/mol. The predicted octanol–water partition coefficient (Wildman–Crippen LogP) is 2.22. The highest BCUT2D eigenvalue weighted by Crippen LogP contribution is 2.26. The van der Waals surface area contributed by atoms with Crippen molar-refractivity contribution in [3.05, 3.63) is 54.1 Å². The van der Waals surface area contributed by atoms with E-state index < -0.39 is 0 Å². The summed E-state index contributed by atoms with van der Waals surface area (Å²) in [7, 11) is 0. The summed E-state index contributed by atoms with van der Waals surface area (Å²) in [5.41, 5.74) is 6.50. The lowest BCUT2D eigenvalue weighted by Crippen LogP contribution is -2.19. The summed E-state index contributed by atoms with van der Waals surface area (Å²) >= 11 is 0. The van der Waals surface area contributed by atoms with E-state index in [0.717, 1.165) is 5.56 Å². The summed E-state index contributed by atoms with van der Waals surface area (Å²) < 4.78 is 5.60. The van der Waals surface area contributed by atoms with Crippen molar-refractivity contribution in [1.29, 1.82) is 0 Å². The summed E-state index contributed by atoms with van der Waals surface area (Å²) in [6, 6.07) is 13.7. The number of ether oxygens (including phenoxy) is 1. The van der Waals surface area contributed by atoms with Crippen LogP contribution in [0, 0.1) is 0 Å². The van der Waals surface area contributed by atoms with Gasteiger partial charge in [-0.15, -0.1) is 0 Å². The molecule has 0 bridgehead atoms. The average Bonchev–Trinajstić information content (AvgIpc) is 2.41. The maximum Gasteiger partial charge on any atom is 0.123 e. The van der Waals surface area contributed by atoms with E-state index in [4.69, 9.17) is 10.5 Å². The van der Waals surface area contributed by atoms with Crippen LogP contribution in [-0.2, 0) is 0 Å². The fourth-order valence-corrected chi connectivity index (χ4v) is 1.89. The van der Waals surface area contributed by atoms with Gasteiger partial charge in [0.05, 0.1) is 6.61 Å². The molecular formula is C15H17NO3. The van der Waals surface area contributed by atoms with Gasteiger partial charge in [0.1, 0.15) is 17.2 Å². The SMILES string of the molecule is NCC(COc1cccc(O)c1)c1ccccc1O. The van der Waals surface area contributed by atoms with Gasteiger partial charge in [0.15, 0.2) is 0 Å². The van der Waals surface area contributed by atoms with Crippen molar-refractivity contribution in [2.24, 2.45) is 5.73 Å². The van der Waals surface area contributed by atoms with Crippen molar-refractivity contribution in [3.63, 3.8) is 0 Å². The lowest BCUT2D eigenvalue weighted by molar-refractivity contribution is 0.286. The fraction of sp³-hybridized carbons (Fsp3) is 0.200. The molecule has 2 aromatic rings. The van der Waals surface area contributed by atoms with Crippen molar-refractivity contribution in [1.82, 2.24) is 0 Å². The Morgan fingerprint density at radius 2 is 1.84 bits per heavy atom. The van der Waals surface area contributed by atoms with E-state index in [0.29, 0.717) is 18.9 Å². The molecule has 0 heterocycles. The fourth-order valence-electron chi connectivity index (χ4n) is 1.89. The molecule has 4 nitrogen and oxygen atoms in total. The molecule has 1 unspecified atom stereocenters. The zero-order chi connectivity index (χ0) is 13.7. The molecule has 0 fully saturated rings. The van der Waals surface area contributed by atoms with Crippen LogP contribution in [0.1, 0.15) is 11.5 Å². The smallest absolute Gasteiger partial charge is 0.123 e. The van der Waals surface area contributed by atoms with E-state index in [9.17, 15) is 10.2 Å². The zero-order valence-electron chi connectivity index (χ0n) is 10.5. The summed E-state index contributed by atoms with van der Waals surface area (Å²) in [6.07, 6.45) is 0. The number of aromatic hydroxyl groups is 2. The first-order valence-electron chi connectivity index (χ1n) is 6.10. The third-order valence-electron chi connectivity index (χ3n) is 2.93. The first-order chi connectivity index (χ1) is 9.20. The van der Waals surface area contributed by atoms with Gasteiger partial charge < -0.3 is 20.7 Å². The van der Waals surface area contributed by atoms with Gasteiger partial charge in [0.25, 0.3) is 0 Å². The van der Waals surface area contributed by atoms with Crippen molar-refractivity contribution in [2.75, 3.05) is 13.2 Å². The van der Waals surface area contributed by atoms with Gasteiger partial charge in [-0.2, -0.15) is 0 Å². The van der Waals surface area contributed by atoms with Crippen LogP contribution in [-0.4, -0.2) is 23.4 Å². The van der Waals surface area contributed by atoms with Crippen molar-refractivity contribution in [2.45, 2.75) is 5.92 Å². The van der Waals surface area contributed by atoms with E-state index in [1.165, 1.54) is 0 Å². The normalized spacial score (nSPS) is 12.1. The van der Waals surface area contributed by atoms with E-state index in [1.807, 2.05) is 12.1 Å². The lowest BCUT2D eigenvalue weighted by atomic mass is 9.99. The second-order valence-corrected chi connectivity index (χ2v) is 4.30. The Morgan fingerprint density at radius 3 is 2.53 bits per heavy atom. The molecule has 2 rings (SSSR count). The third-order valence-corrected chi connectivity index (χ3v) is 2.93. The Hall–Kier alpha value is -2.20. The standard InChI is InChI=1S/C15H17NO3/c16-9-11(14-6-1-2-7-15(14)18)10-19-13-5-3-4-12(17)8-13/h1-8,11,17-18H,9-10,16H2. The molecule has 4 N–H and O–H groups in total. The molecule has 0 radical (unpaired) electrons. The van der Waals surface area contributed by atoms with Gasteiger partial charge in [0.2, 0.25) is 0 Å². The number of para-hydroxylation sites is 1. The number of phenols is 2. The Bertz CT molecular complexity index is 542. The Morgan fingerprint density at radius 1 is 1.05 bits per heavy atom. The van der Waals surface area contributed by atoms with Gasteiger partial charge in [0, 0.05) is 24.1 Å². The van der Waals surface area contributed by atoms with E-state index in [-0.39, 0.29) is 17.4 Å². The van der Waals surface area contributed by atoms with Crippen LogP contribution in [0.25, 0.3) is 0 Å². The van der Waals surface area contributed by atoms with E-state index in [2.05, 4.69) is 0 Å². The van der Waals surface area contributed by atoms with Gasteiger partial charge in [-0.25, -0.2) is 0 Å². The van der Waals surface area contributed by atoms with Crippen LogP contribution in [0.4, 0.5) is 0 Å². The molecule has 2 aromatic carbocycles. The van der Waals surface area contributed by atoms with Crippen LogP contribution in [0.15, 0.2) is 48.5 Å². The second kappa shape index (κ2) is 6.11. The topological polar surface area (TPSA) is 75.7 Å². The average molecular weight is 259 g/mol. The molecule has 0 aliphatic heterocycles. The Balaban J connectivity index is 2.06. The zero-order valence-corrected chi connectivity index (χ0v) is 10.5. The van der Waals surface area contributed by atoms with Gasteiger partial charge in [-0.1, -0.05) is 24.3 Å². The second-order valence-electron chi connectivity index (χ2n) is 4.30. The Kier molecular flexibility index (Phi) is 4.26. The molecule has 1 atom stereocenters. The number of hydrogen-bond acceptors (Lipinski definition) is 4. The number of hydrogen-bond donors (Lipinski definition) is 3. The minimum atomic E-state index is -0.0939. The van der Waals surface area contributed by atoms with Crippen LogP contribution < -0.4 is 10.5 Å². The number of benzene rings is 2. The Labute approximate surface area is 112 Å². The minimum Gasteiger partial charge on any atom is -0.508 e.